The monoisotopic (exact) mass is 392 g/mol. The van der Waals surface area contributed by atoms with Crippen molar-refractivity contribution in [2.45, 2.75) is 26.4 Å². The summed E-state index contributed by atoms with van der Waals surface area (Å²) in [6.45, 7) is 10.4. The Kier molecular flexibility index (Phi) is 4.81. The molecule has 5 heterocycles. The van der Waals surface area contributed by atoms with E-state index in [4.69, 9.17) is 4.98 Å². The second-order valence-electron chi connectivity index (χ2n) is 8.18. The van der Waals surface area contributed by atoms with Gasteiger partial charge >= 0.3 is 0 Å². The lowest BCUT2D eigenvalue weighted by Crippen LogP contribution is -2.43. The van der Waals surface area contributed by atoms with E-state index >= 15 is 0 Å². The number of fused-ring (bicyclic) bond motifs is 3. The Bertz CT molecular complexity index is 988. The number of piperazine rings is 1. The van der Waals surface area contributed by atoms with Gasteiger partial charge < -0.3 is 25.4 Å². The minimum absolute atomic E-state index is 0.399. The number of aromatic nitrogens is 4. The Labute approximate surface area is 170 Å². The van der Waals surface area contributed by atoms with Crippen LogP contribution in [0.4, 0.5) is 17.5 Å². The maximum absolute atomic E-state index is 4.84. The molecule has 0 saturated carbocycles. The van der Waals surface area contributed by atoms with Crippen molar-refractivity contribution in [1.82, 2.24) is 30.2 Å². The molecule has 1 fully saturated rings. The predicted molar refractivity (Wildman–Crippen MR) is 116 cm³/mol. The molecule has 0 aliphatic carbocycles. The summed E-state index contributed by atoms with van der Waals surface area (Å²) in [5.74, 6) is 1.88. The first-order valence-electron chi connectivity index (χ1n) is 10.5. The molecule has 29 heavy (non-hydrogen) atoms. The van der Waals surface area contributed by atoms with Crippen LogP contribution in [0.5, 0.6) is 0 Å². The number of rotatable bonds is 4. The largest absolute Gasteiger partial charge is 0.368 e. The first kappa shape index (κ1) is 18.3. The van der Waals surface area contributed by atoms with Crippen LogP contribution in [-0.4, -0.2) is 52.2 Å². The van der Waals surface area contributed by atoms with E-state index in [1.54, 1.807) is 0 Å². The summed E-state index contributed by atoms with van der Waals surface area (Å²) in [5, 5.41) is 11.3. The third kappa shape index (κ3) is 3.54. The van der Waals surface area contributed by atoms with Gasteiger partial charge in [-0.15, -0.1) is 0 Å². The molecule has 152 valence electrons. The number of pyridine rings is 1. The highest BCUT2D eigenvalue weighted by molar-refractivity contribution is 5.78. The summed E-state index contributed by atoms with van der Waals surface area (Å²) < 4.78 is 2.38. The van der Waals surface area contributed by atoms with E-state index in [0.29, 0.717) is 17.9 Å². The molecular weight excluding hydrogens is 364 g/mol. The van der Waals surface area contributed by atoms with E-state index in [2.05, 4.69) is 61.4 Å². The van der Waals surface area contributed by atoms with Crippen molar-refractivity contribution in [3.05, 3.63) is 36.3 Å². The fourth-order valence-electron chi connectivity index (χ4n) is 4.29. The molecule has 0 aromatic carbocycles. The normalized spacial score (nSPS) is 19.6. The van der Waals surface area contributed by atoms with Crippen LogP contribution < -0.4 is 20.9 Å². The Morgan fingerprint density at radius 2 is 1.97 bits per heavy atom. The zero-order valence-electron chi connectivity index (χ0n) is 17.0. The molecule has 1 atom stereocenters. The van der Waals surface area contributed by atoms with Gasteiger partial charge in [-0.1, -0.05) is 13.8 Å². The summed E-state index contributed by atoms with van der Waals surface area (Å²) >= 11 is 0. The minimum Gasteiger partial charge on any atom is -0.368 e. The number of nitrogens with zero attached hydrogens (tertiary/aromatic N) is 5. The van der Waals surface area contributed by atoms with E-state index < -0.39 is 0 Å². The molecule has 0 spiro atoms. The van der Waals surface area contributed by atoms with Gasteiger partial charge in [0.15, 0.2) is 0 Å². The van der Waals surface area contributed by atoms with Gasteiger partial charge in [-0.3, -0.25) is 0 Å². The first-order valence-corrected chi connectivity index (χ1v) is 10.5. The van der Waals surface area contributed by atoms with E-state index in [-0.39, 0.29) is 0 Å². The second kappa shape index (κ2) is 7.61. The number of anilines is 3. The Morgan fingerprint density at radius 3 is 2.72 bits per heavy atom. The molecule has 0 radical (unpaired) electrons. The van der Waals surface area contributed by atoms with Crippen molar-refractivity contribution in [3.63, 3.8) is 0 Å². The summed E-state index contributed by atoms with van der Waals surface area (Å²) in [5.41, 5.74) is 3.42. The molecule has 2 aliphatic heterocycles. The van der Waals surface area contributed by atoms with Crippen molar-refractivity contribution >= 4 is 28.5 Å². The van der Waals surface area contributed by atoms with E-state index in [1.807, 2.05) is 18.5 Å². The maximum Gasteiger partial charge on any atom is 0.230 e. The van der Waals surface area contributed by atoms with Gasteiger partial charge in [-0.25, -0.2) is 9.97 Å². The Morgan fingerprint density at radius 1 is 1.10 bits per heavy atom. The van der Waals surface area contributed by atoms with Crippen molar-refractivity contribution in [2.75, 3.05) is 42.9 Å². The topological polar surface area (TPSA) is 82.9 Å². The van der Waals surface area contributed by atoms with Crippen LogP contribution in [-0.2, 0) is 6.54 Å². The third-order valence-electron chi connectivity index (χ3n) is 5.89. The Hall–Kier alpha value is -2.71. The van der Waals surface area contributed by atoms with Crippen molar-refractivity contribution < 1.29 is 0 Å². The van der Waals surface area contributed by atoms with Crippen LogP contribution in [0.1, 0.15) is 25.6 Å². The van der Waals surface area contributed by atoms with Gasteiger partial charge in [0.05, 0.1) is 17.9 Å². The Balaban J connectivity index is 1.40. The smallest absolute Gasteiger partial charge is 0.230 e. The molecule has 8 heteroatoms. The van der Waals surface area contributed by atoms with Crippen molar-refractivity contribution in [1.29, 1.82) is 0 Å². The van der Waals surface area contributed by atoms with E-state index in [1.165, 1.54) is 5.69 Å². The maximum atomic E-state index is 4.84. The van der Waals surface area contributed by atoms with Crippen molar-refractivity contribution in [3.8, 4) is 0 Å². The van der Waals surface area contributed by atoms with E-state index in [9.17, 15) is 0 Å². The molecular formula is C21H28N8. The average Bonchev–Trinajstić information content (AvgIpc) is 3.13. The fourth-order valence-corrected chi connectivity index (χ4v) is 4.29. The summed E-state index contributed by atoms with van der Waals surface area (Å²) in [7, 11) is 0. The molecule has 1 saturated heterocycles. The number of hydrogen-bond donors (Lipinski definition) is 3. The van der Waals surface area contributed by atoms with Crippen LogP contribution in [0.2, 0.25) is 0 Å². The highest BCUT2D eigenvalue weighted by atomic mass is 15.2. The molecule has 0 amide bonds. The minimum atomic E-state index is 0.399. The van der Waals surface area contributed by atoms with Gasteiger partial charge in [0.2, 0.25) is 5.95 Å². The highest BCUT2D eigenvalue weighted by Gasteiger charge is 2.25. The van der Waals surface area contributed by atoms with Gasteiger partial charge in [0.25, 0.3) is 0 Å². The lowest BCUT2D eigenvalue weighted by atomic mass is 10.0. The fraction of sp³-hybridized carbons (Fsp3) is 0.476. The quantitative estimate of drug-likeness (QED) is 0.628. The van der Waals surface area contributed by atoms with Crippen LogP contribution in [0.15, 0.2) is 30.6 Å². The predicted octanol–water partition coefficient (Wildman–Crippen LogP) is 2.28. The van der Waals surface area contributed by atoms with Gasteiger partial charge in [-0.2, -0.15) is 4.98 Å². The van der Waals surface area contributed by atoms with Gasteiger partial charge in [0, 0.05) is 56.5 Å². The standard InChI is InChI=1S/C21H28N8/c1-14(2)18-13-23-11-17-9-15-10-25-21(27-20(15)29(17)18)26-19-4-3-16(12-24-19)28-7-5-22-6-8-28/h3-4,9-10,12,14,18,22-23H,5-8,11,13H2,1-2H3,(H,24,25,26,27)/t18-/m1/s1. The van der Waals surface area contributed by atoms with Crippen LogP contribution in [0, 0.1) is 5.92 Å². The lowest BCUT2D eigenvalue weighted by Gasteiger charge is -2.30. The average molecular weight is 393 g/mol. The van der Waals surface area contributed by atoms with Crippen LogP contribution >= 0.6 is 0 Å². The molecule has 3 aromatic heterocycles. The molecule has 0 unspecified atom stereocenters. The van der Waals surface area contributed by atoms with Crippen LogP contribution in [0.3, 0.4) is 0 Å². The zero-order valence-corrected chi connectivity index (χ0v) is 17.0. The van der Waals surface area contributed by atoms with Gasteiger partial charge in [0.1, 0.15) is 11.5 Å². The molecule has 3 N–H and O–H groups in total. The summed E-state index contributed by atoms with van der Waals surface area (Å²) in [6.07, 6.45) is 3.83. The van der Waals surface area contributed by atoms with Crippen molar-refractivity contribution in [2.24, 2.45) is 5.92 Å². The van der Waals surface area contributed by atoms with Gasteiger partial charge in [-0.05, 0) is 24.1 Å². The zero-order chi connectivity index (χ0) is 19.8. The molecule has 5 rings (SSSR count). The SMILES string of the molecule is CC(C)[C@H]1CNCc2cc3cnc(Nc4ccc(N5CCNCC5)cn4)nc3n21. The third-order valence-corrected chi connectivity index (χ3v) is 5.89. The number of nitrogens with one attached hydrogen (secondary N) is 3. The molecule has 2 aliphatic rings. The summed E-state index contributed by atoms with van der Waals surface area (Å²) in [4.78, 5) is 16.3. The van der Waals surface area contributed by atoms with E-state index in [0.717, 1.165) is 61.8 Å². The highest BCUT2D eigenvalue weighted by Crippen LogP contribution is 2.30. The molecule has 8 nitrogen and oxygen atoms in total. The molecule has 3 aromatic rings. The first-order chi connectivity index (χ1) is 14.2. The molecule has 0 bridgehead atoms. The lowest BCUT2D eigenvalue weighted by molar-refractivity contribution is 0.325. The number of hydrogen-bond acceptors (Lipinski definition) is 7. The van der Waals surface area contributed by atoms with Crippen LogP contribution in [0.25, 0.3) is 11.0 Å². The summed E-state index contributed by atoms with van der Waals surface area (Å²) in [6, 6.07) is 6.70. The second-order valence-corrected chi connectivity index (χ2v) is 8.18.